The Morgan fingerprint density at radius 2 is 1.68 bits per heavy atom. The standard InChI is InChI=1S/C16H20N2O6S/c1-25-8-7-11(17-14(21)10-5-3-2-4-6-10)15(22)18-12(16(23)24)9-13(19)20/h2-6,11-12H,7-9H2,1H3,(H,17,21)(H,18,22)(H,19,20)(H,23,24). The molecule has 136 valence electrons. The van der Waals surface area contributed by atoms with Crippen molar-refractivity contribution in [3.05, 3.63) is 35.9 Å². The van der Waals surface area contributed by atoms with Crippen LogP contribution >= 0.6 is 11.8 Å². The number of hydrogen-bond donors (Lipinski definition) is 4. The average molecular weight is 368 g/mol. The van der Waals surface area contributed by atoms with E-state index in [0.29, 0.717) is 11.3 Å². The Balaban J connectivity index is 2.82. The maximum atomic E-state index is 12.3. The van der Waals surface area contributed by atoms with Crippen LogP contribution < -0.4 is 10.6 Å². The molecule has 25 heavy (non-hydrogen) atoms. The second-order valence-electron chi connectivity index (χ2n) is 5.17. The lowest BCUT2D eigenvalue weighted by Gasteiger charge is -2.20. The molecular weight excluding hydrogens is 348 g/mol. The van der Waals surface area contributed by atoms with Crippen LogP contribution in [0.2, 0.25) is 0 Å². The molecule has 0 aliphatic carbocycles. The van der Waals surface area contributed by atoms with Gasteiger partial charge in [0.25, 0.3) is 5.91 Å². The molecule has 0 aliphatic rings. The molecular formula is C16H20N2O6S. The summed E-state index contributed by atoms with van der Waals surface area (Å²) in [6, 6.07) is 5.76. The molecule has 1 rings (SSSR count). The van der Waals surface area contributed by atoms with Crippen LogP contribution in [-0.2, 0) is 14.4 Å². The third kappa shape index (κ3) is 7.25. The van der Waals surface area contributed by atoms with E-state index in [2.05, 4.69) is 10.6 Å². The maximum Gasteiger partial charge on any atom is 0.326 e. The smallest absolute Gasteiger partial charge is 0.326 e. The molecule has 0 spiro atoms. The zero-order valence-electron chi connectivity index (χ0n) is 13.6. The highest BCUT2D eigenvalue weighted by molar-refractivity contribution is 7.98. The fraction of sp³-hybridized carbons (Fsp3) is 0.375. The number of carbonyl (C=O) groups excluding carboxylic acids is 2. The number of nitrogens with one attached hydrogen (secondary N) is 2. The summed E-state index contributed by atoms with van der Waals surface area (Å²) in [6.07, 6.45) is 1.37. The number of benzene rings is 1. The normalized spacial score (nSPS) is 12.7. The number of thioether (sulfide) groups is 1. The molecule has 0 bridgehead atoms. The molecule has 0 aromatic heterocycles. The highest BCUT2D eigenvalue weighted by Gasteiger charge is 2.28. The van der Waals surface area contributed by atoms with E-state index in [1.165, 1.54) is 11.8 Å². The summed E-state index contributed by atoms with van der Waals surface area (Å²) in [6.45, 7) is 0. The van der Waals surface area contributed by atoms with Crippen LogP contribution in [0.5, 0.6) is 0 Å². The van der Waals surface area contributed by atoms with Crippen molar-refractivity contribution in [2.75, 3.05) is 12.0 Å². The van der Waals surface area contributed by atoms with Gasteiger partial charge in [0, 0.05) is 5.56 Å². The summed E-state index contributed by atoms with van der Waals surface area (Å²) in [5, 5.41) is 22.5. The zero-order chi connectivity index (χ0) is 18.8. The van der Waals surface area contributed by atoms with Crippen LogP contribution in [0, 0.1) is 0 Å². The van der Waals surface area contributed by atoms with Gasteiger partial charge in [-0.05, 0) is 30.6 Å². The minimum Gasteiger partial charge on any atom is -0.481 e. The fourth-order valence-corrected chi connectivity index (χ4v) is 2.45. The summed E-state index contributed by atoms with van der Waals surface area (Å²) >= 11 is 1.46. The van der Waals surface area contributed by atoms with Crippen molar-refractivity contribution >= 4 is 35.5 Å². The van der Waals surface area contributed by atoms with Gasteiger partial charge in [-0.1, -0.05) is 18.2 Å². The first-order valence-electron chi connectivity index (χ1n) is 7.45. The molecule has 2 amide bonds. The van der Waals surface area contributed by atoms with Crippen molar-refractivity contribution in [3.63, 3.8) is 0 Å². The lowest BCUT2D eigenvalue weighted by atomic mass is 10.1. The van der Waals surface area contributed by atoms with E-state index in [0.717, 1.165) is 0 Å². The third-order valence-electron chi connectivity index (χ3n) is 3.26. The topological polar surface area (TPSA) is 133 Å². The molecule has 8 nitrogen and oxygen atoms in total. The molecule has 0 radical (unpaired) electrons. The van der Waals surface area contributed by atoms with Crippen LogP contribution in [0.25, 0.3) is 0 Å². The Kier molecular flexibility index (Phi) is 8.48. The summed E-state index contributed by atoms with van der Waals surface area (Å²) in [4.78, 5) is 46.3. The number of carboxylic acids is 2. The van der Waals surface area contributed by atoms with Gasteiger partial charge in [0.1, 0.15) is 12.1 Å². The monoisotopic (exact) mass is 368 g/mol. The molecule has 4 N–H and O–H groups in total. The van der Waals surface area contributed by atoms with Crippen molar-refractivity contribution in [1.29, 1.82) is 0 Å². The van der Waals surface area contributed by atoms with Gasteiger partial charge < -0.3 is 20.8 Å². The first-order chi connectivity index (χ1) is 11.8. The van der Waals surface area contributed by atoms with Crippen LogP contribution in [-0.4, -0.2) is 58.1 Å². The summed E-state index contributed by atoms with van der Waals surface area (Å²) < 4.78 is 0. The van der Waals surface area contributed by atoms with Crippen LogP contribution in [0.15, 0.2) is 30.3 Å². The molecule has 9 heteroatoms. The van der Waals surface area contributed by atoms with Crippen molar-refractivity contribution < 1.29 is 29.4 Å². The number of carbonyl (C=O) groups is 4. The predicted molar refractivity (Wildman–Crippen MR) is 92.5 cm³/mol. The van der Waals surface area contributed by atoms with Gasteiger partial charge in [-0.2, -0.15) is 11.8 Å². The van der Waals surface area contributed by atoms with Crippen LogP contribution in [0.4, 0.5) is 0 Å². The van der Waals surface area contributed by atoms with E-state index in [4.69, 9.17) is 10.2 Å². The molecule has 0 saturated carbocycles. The number of amides is 2. The lowest BCUT2D eigenvalue weighted by molar-refractivity contribution is -0.147. The van der Waals surface area contributed by atoms with Crippen molar-refractivity contribution in [1.82, 2.24) is 10.6 Å². The third-order valence-corrected chi connectivity index (χ3v) is 3.91. The Morgan fingerprint density at radius 3 is 2.20 bits per heavy atom. The van der Waals surface area contributed by atoms with Crippen molar-refractivity contribution in [2.24, 2.45) is 0 Å². The first kappa shape index (κ1) is 20.5. The second-order valence-corrected chi connectivity index (χ2v) is 6.16. The van der Waals surface area contributed by atoms with Crippen molar-refractivity contribution in [3.8, 4) is 0 Å². The van der Waals surface area contributed by atoms with E-state index in [1.807, 2.05) is 6.26 Å². The number of carboxylic acid groups (broad SMARTS) is 2. The van der Waals surface area contributed by atoms with Gasteiger partial charge >= 0.3 is 11.9 Å². The van der Waals surface area contributed by atoms with Crippen LogP contribution in [0.1, 0.15) is 23.2 Å². The largest absolute Gasteiger partial charge is 0.481 e. The van der Waals surface area contributed by atoms with E-state index in [9.17, 15) is 19.2 Å². The molecule has 0 saturated heterocycles. The minimum absolute atomic E-state index is 0.283. The zero-order valence-corrected chi connectivity index (χ0v) is 14.4. The molecule has 2 atom stereocenters. The maximum absolute atomic E-state index is 12.3. The molecule has 1 aromatic rings. The van der Waals surface area contributed by atoms with Gasteiger partial charge in [-0.3, -0.25) is 14.4 Å². The van der Waals surface area contributed by atoms with Gasteiger partial charge in [0.05, 0.1) is 6.42 Å². The van der Waals surface area contributed by atoms with E-state index in [-0.39, 0.29) is 6.42 Å². The Labute approximate surface area is 149 Å². The molecule has 0 fully saturated rings. The van der Waals surface area contributed by atoms with E-state index < -0.39 is 42.3 Å². The van der Waals surface area contributed by atoms with Gasteiger partial charge in [-0.15, -0.1) is 0 Å². The predicted octanol–water partition coefficient (Wildman–Crippen LogP) is 0.582. The van der Waals surface area contributed by atoms with Gasteiger partial charge in [0.15, 0.2) is 0 Å². The lowest BCUT2D eigenvalue weighted by Crippen LogP contribution is -2.52. The number of hydrogen-bond acceptors (Lipinski definition) is 5. The Bertz CT molecular complexity index is 622. The highest BCUT2D eigenvalue weighted by atomic mass is 32.2. The van der Waals surface area contributed by atoms with Crippen molar-refractivity contribution in [2.45, 2.75) is 24.9 Å². The number of aliphatic carboxylic acids is 2. The molecule has 1 aromatic carbocycles. The average Bonchev–Trinajstić information content (AvgIpc) is 2.57. The van der Waals surface area contributed by atoms with E-state index in [1.54, 1.807) is 30.3 Å². The minimum atomic E-state index is -1.56. The quantitative estimate of drug-likeness (QED) is 0.475. The van der Waals surface area contributed by atoms with Gasteiger partial charge in [0.2, 0.25) is 5.91 Å². The summed E-state index contributed by atoms with van der Waals surface area (Å²) in [5.74, 6) is -3.43. The van der Waals surface area contributed by atoms with E-state index >= 15 is 0 Å². The SMILES string of the molecule is CSCCC(NC(=O)c1ccccc1)C(=O)NC(CC(=O)O)C(=O)O. The molecule has 2 unspecified atom stereocenters. The number of rotatable bonds is 10. The fourth-order valence-electron chi connectivity index (χ4n) is 1.98. The summed E-state index contributed by atoms with van der Waals surface area (Å²) in [5.41, 5.74) is 0.366. The molecule has 0 heterocycles. The van der Waals surface area contributed by atoms with Crippen LogP contribution in [0.3, 0.4) is 0 Å². The Hall–Kier alpha value is -2.55. The second kappa shape index (κ2) is 10.3. The first-order valence-corrected chi connectivity index (χ1v) is 8.84. The summed E-state index contributed by atoms with van der Waals surface area (Å²) in [7, 11) is 0. The van der Waals surface area contributed by atoms with Gasteiger partial charge in [-0.25, -0.2) is 4.79 Å². The Morgan fingerprint density at radius 1 is 1.04 bits per heavy atom. The molecule has 0 aliphatic heterocycles. The highest BCUT2D eigenvalue weighted by Crippen LogP contribution is 2.05.